The predicted molar refractivity (Wildman–Crippen MR) is 105 cm³/mol. The lowest BCUT2D eigenvalue weighted by molar-refractivity contribution is -0.140. The summed E-state index contributed by atoms with van der Waals surface area (Å²) >= 11 is 6.04. The van der Waals surface area contributed by atoms with Crippen LogP contribution in [0.1, 0.15) is 25.0 Å². The molecular weight excluding hydrogens is 366 g/mol. The maximum Gasteiger partial charge on any atom is 0.341 e. The molecule has 0 aromatic heterocycles. The van der Waals surface area contributed by atoms with E-state index in [0.29, 0.717) is 23.7 Å². The summed E-state index contributed by atoms with van der Waals surface area (Å²) in [6.45, 7) is 3.93. The van der Waals surface area contributed by atoms with Gasteiger partial charge in [-0.25, -0.2) is 4.79 Å². The van der Waals surface area contributed by atoms with Crippen molar-refractivity contribution in [3.63, 3.8) is 0 Å². The van der Waals surface area contributed by atoms with Gasteiger partial charge in [-0.05, 0) is 41.8 Å². The molecule has 0 saturated heterocycles. The zero-order valence-corrected chi connectivity index (χ0v) is 16.5. The topological polar surface area (TPSA) is 66.8 Å². The maximum absolute atomic E-state index is 12.9. The summed E-state index contributed by atoms with van der Waals surface area (Å²) in [7, 11) is 1.77. The minimum atomic E-state index is -1.02. The largest absolute Gasteiger partial charge is 0.482 e. The number of benzene rings is 2. The molecule has 0 heterocycles. The van der Waals surface area contributed by atoms with Crippen molar-refractivity contribution in [3.8, 4) is 5.75 Å². The van der Waals surface area contributed by atoms with E-state index >= 15 is 0 Å². The van der Waals surface area contributed by atoms with Gasteiger partial charge in [-0.2, -0.15) is 0 Å². The third-order valence-corrected chi connectivity index (χ3v) is 4.40. The lowest BCUT2D eigenvalue weighted by atomic mass is 9.84. The Bertz CT molecular complexity index is 802. The molecule has 2 rings (SSSR count). The molecule has 0 aliphatic carbocycles. The molecule has 0 spiro atoms. The first-order chi connectivity index (χ1) is 12.7. The Morgan fingerprint density at radius 1 is 1.11 bits per heavy atom. The fourth-order valence-corrected chi connectivity index (χ4v) is 3.14. The molecule has 2 aromatic carbocycles. The lowest BCUT2D eigenvalue weighted by Crippen LogP contribution is -2.39. The average molecular weight is 390 g/mol. The number of carboxylic acids is 1. The van der Waals surface area contributed by atoms with Crippen molar-refractivity contribution >= 4 is 23.5 Å². The molecule has 0 aliphatic heterocycles. The molecule has 2 aromatic rings. The van der Waals surface area contributed by atoms with Gasteiger partial charge < -0.3 is 14.7 Å². The van der Waals surface area contributed by atoms with Crippen molar-refractivity contribution in [1.82, 2.24) is 4.90 Å². The van der Waals surface area contributed by atoms with Gasteiger partial charge in [0.25, 0.3) is 0 Å². The molecule has 1 amide bonds. The molecule has 0 unspecified atom stereocenters. The number of hydrogen-bond acceptors (Lipinski definition) is 3. The lowest BCUT2D eigenvalue weighted by Gasteiger charge is -2.29. The first-order valence-corrected chi connectivity index (χ1v) is 8.99. The molecule has 0 fully saturated rings. The molecule has 144 valence electrons. The summed E-state index contributed by atoms with van der Waals surface area (Å²) in [5, 5.41) is 9.29. The van der Waals surface area contributed by atoms with E-state index in [0.717, 1.165) is 11.1 Å². The van der Waals surface area contributed by atoms with Gasteiger partial charge in [-0.1, -0.05) is 49.7 Å². The third kappa shape index (κ3) is 6.29. The van der Waals surface area contributed by atoms with Crippen LogP contribution in [0, 0.1) is 5.41 Å². The van der Waals surface area contributed by atoms with E-state index in [2.05, 4.69) is 0 Å². The molecule has 27 heavy (non-hydrogen) atoms. The van der Waals surface area contributed by atoms with Crippen LogP contribution in [-0.2, 0) is 22.6 Å². The van der Waals surface area contributed by atoms with Gasteiger partial charge in [-0.3, -0.25) is 4.79 Å². The number of rotatable bonds is 8. The summed E-state index contributed by atoms with van der Waals surface area (Å²) in [4.78, 5) is 25.1. The molecular formula is C21H24ClNO4. The highest BCUT2D eigenvalue weighted by Crippen LogP contribution is 2.26. The summed E-state index contributed by atoms with van der Waals surface area (Å²) in [5.41, 5.74) is 1.39. The Morgan fingerprint density at radius 2 is 1.78 bits per heavy atom. The molecule has 0 atom stereocenters. The van der Waals surface area contributed by atoms with Crippen LogP contribution in [-0.4, -0.2) is 35.5 Å². The highest BCUT2D eigenvalue weighted by atomic mass is 35.5. The number of halogens is 1. The monoisotopic (exact) mass is 389 g/mol. The molecule has 5 nitrogen and oxygen atoms in total. The fourth-order valence-electron chi connectivity index (χ4n) is 2.93. The van der Waals surface area contributed by atoms with Crippen molar-refractivity contribution in [1.29, 1.82) is 0 Å². The van der Waals surface area contributed by atoms with E-state index in [9.17, 15) is 9.59 Å². The van der Waals surface area contributed by atoms with Gasteiger partial charge >= 0.3 is 5.97 Å². The Morgan fingerprint density at radius 3 is 2.37 bits per heavy atom. The molecule has 0 bridgehead atoms. The number of carbonyl (C=O) groups excluding carboxylic acids is 1. The number of nitrogens with zero attached hydrogens (tertiary/aromatic N) is 1. The van der Waals surface area contributed by atoms with Crippen molar-refractivity contribution in [3.05, 3.63) is 64.7 Å². The summed E-state index contributed by atoms with van der Waals surface area (Å²) < 4.78 is 5.11. The predicted octanol–water partition coefficient (Wildman–Crippen LogP) is 4.03. The van der Waals surface area contributed by atoms with E-state index < -0.39 is 11.4 Å². The van der Waals surface area contributed by atoms with E-state index in [-0.39, 0.29) is 12.5 Å². The molecule has 1 N–H and O–H groups in total. The van der Waals surface area contributed by atoms with Crippen LogP contribution in [0.2, 0.25) is 5.02 Å². The summed E-state index contributed by atoms with van der Waals surface area (Å²) in [6, 6.07) is 14.6. The van der Waals surface area contributed by atoms with Crippen LogP contribution >= 0.6 is 11.6 Å². The zero-order valence-electron chi connectivity index (χ0n) is 15.7. The Balaban J connectivity index is 1.98. The van der Waals surface area contributed by atoms with Crippen molar-refractivity contribution in [2.45, 2.75) is 26.8 Å². The van der Waals surface area contributed by atoms with Crippen LogP contribution < -0.4 is 4.74 Å². The average Bonchev–Trinajstić information content (AvgIpc) is 2.60. The zero-order chi connectivity index (χ0) is 20.0. The van der Waals surface area contributed by atoms with Crippen molar-refractivity contribution < 1.29 is 19.4 Å². The quantitative estimate of drug-likeness (QED) is 0.740. The van der Waals surface area contributed by atoms with E-state index in [1.165, 1.54) is 0 Å². The summed E-state index contributed by atoms with van der Waals surface area (Å²) in [6.07, 6.45) is 0.596. The molecule has 0 saturated carbocycles. The second kappa shape index (κ2) is 8.91. The number of amides is 1. The van der Waals surface area contributed by atoms with E-state index in [1.54, 1.807) is 24.1 Å². The normalized spacial score (nSPS) is 11.1. The number of ether oxygens (including phenoxy) is 1. The molecule has 0 radical (unpaired) electrons. The van der Waals surface area contributed by atoms with Crippen LogP contribution in [0.4, 0.5) is 0 Å². The van der Waals surface area contributed by atoms with Gasteiger partial charge in [0.1, 0.15) is 5.75 Å². The van der Waals surface area contributed by atoms with Crippen molar-refractivity contribution in [2.75, 3.05) is 13.7 Å². The first kappa shape index (κ1) is 20.8. The highest BCUT2D eigenvalue weighted by molar-refractivity contribution is 6.30. The van der Waals surface area contributed by atoms with E-state index in [4.69, 9.17) is 21.4 Å². The second-order valence-corrected chi connectivity index (χ2v) is 7.61. The Labute approximate surface area is 164 Å². The second-order valence-electron chi connectivity index (χ2n) is 7.18. The van der Waals surface area contributed by atoms with Crippen molar-refractivity contribution in [2.24, 2.45) is 5.41 Å². The first-order valence-electron chi connectivity index (χ1n) is 8.61. The Hall–Kier alpha value is -2.53. The van der Waals surface area contributed by atoms with Gasteiger partial charge in [0.15, 0.2) is 6.61 Å². The highest BCUT2D eigenvalue weighted by Gasteiger charge is 2.30. The van der Waals surface area contributed by atoms with Gasteiger partial charge in [0.2, 0.25) is 5.91 Å². The standard InChI is InChI=1S/C21H24ClNO4/c1-21(2,12-16-5-4-6-17(22)11-16)20(26)23(3)13-15-7-9-18(10-8-15)27-14-19(24)25/h4-11H,12-14H2,1-3H3,(H,24,25). The van der Waals surface area contributed by atoms with Gasteiger partial charge in [0.05, 0.1) is 0 Å². The SMILES string of the molecule is CN(Cc1ccc(OCC(=O)O)cc1)C(=O)C(C)(C)Cc1cccc(Cl)c1. The number of hydrogen-bond donors (Lipinski definition) is 1. The maximum atomic E-state index is 12.9. The molecule has 6 heteroatoms. The number of aliphatic carboxylic acids is 1. The van der Waals surface area contributed by atoms with Crippen LogP contribution in [0.3, 0.4) is 0 Å². The smallest absolute Gasteiger partial charge is 0.341 e. The number of carbonyl (C=O) groups is 2. The third-order valence-electron chi connectivity index (χ3n) is 4.17. The van der Waals surface area contributed by atoms with Crippen LogP contribution in [0.25, 0.3) is 0 Å². The van der Waals surface area contributed by atoms with Gasteiger partial charge in [-0.15, -0.1) is 0 Å². The minimum Gasteiger partial charge on any atom is -0.482 e. The minimum absolute atomic E-state index is 0.0358. The fraction of sp³-hybridized carbons (Fsp3) is 0.333. The summed E-state index contributed by atoms with van der Waals surface area (Å²) in [5.74, 6) is -0.503. The molecule has 0 aliphatic rings. The Kier molecular flexibility index (Phi) is 6.86. The van der Waals surface area contributed by atoms with Crippen LogP contribution in [0.5, 0.6) is 5.75 Å². The van der Waals surface area contributed by atoms with E-state index in [1.807, 2.05) is 50.2 Å². The van der Waals surface area contributed by atoms with Crippen LogP contribution in [0.15, 0.2) is 48.5 Å². The number of carboxylic acid groups (broad SMARTS) is 1. The van der Waals surface area contributed by atoms with Gasteiger partial charge in [0, 0.05) is 24.0 Å².